The van der Waals surface area contributed by atoms with Gasteiger partial charge in [-0.2, -0.15) is 8.42 Å². The number of hydrogen-bond acceptors (Lipinski definition) is 6. The second-order valence-electron chi connectivity index (χ2n) is 5.33. The molecule has 138 valence electrons. The van der Waals surface area contributed by atoms with Crippen molar-refractivity contribution in [3.8, 4) is 0 Å². The summed E-state index contributed by atoms with van der Waals surface area (Å²) < 4.78 is 36.7. The molecule has 2 heterocycles. The third kappa shape index (κ3) is 3.85. The van der Waals surface area contributed by atoms with E-state index in [1.807, 2.05) is 25.1 Å². The first-order valence-corrected chi connectivity index (χ1v) is 11.0. The highest BCUT2D eigenvalue weighted by atomic mass is 35.5. The van der Waals surface area contributed by atoms with Gasteiger partial charge in [-0.05, 0) is 36.2 Å². The van der Waals surface area contributed by atoms with Gasteiger partial charge in [0.15, 0.2) is 0 Å². The third-order valence-electron chi connectivity index (χ3n) is 3.67. The van der Waals surface area contributed by atoms with Crippen molar-refractivity contribution in [2.24, 2.45) is 4.40 Å². The normalized spacial score (nSPS) is 12.7. The summed E-state index contributed by atoms with van der Waals surface area (Å²) in [5, 5.41) is 0. The number of methoxy groups -OCH3 is 1. The lowest BCUT2D eigenvalue weighted by Crippen LogP contribution is -2.22. The Morgan fingerprint density at radius 3 is 2.65 bits per heavy atom. The second kappa shape index (κ2) is 7.51. The maximum Gasteiger partial charge on any atom is 0.325 e. The van der Waals surface area contributed by atoms with Crippen molar-refractivity contribution >= 4 is 60.5 Å². The standard InChI is InChI=1S/C16H15ClN2O4S3/c1-3-10-4-5-11-12(8-10)24-16(19(11)9-14(20)23-2)18-26(21,22)15-7-6-13(17)25-15/h4-8H,3,9H2,1-2H3/b18-16-. The molecule has 0 fully saturated rings. The van der Waals surface area contributed by atoms with Crippen LogP contribution in [-0.2, 0) is 32.5 Å². The molecule has 26 heavy (non-hydrogen) atoms. The number of rotatable bonds is 5. The predicted molar refractivity (Wildman–Crippen MR) is 103 cm³/mol. The van der Waals surface area contributed by atoms with Crippen molar-refractivity contribution in [3.63, 3.8) is 0 Å². The summed E-state index contributed by atoms with van der Waals surface area (Å²) in [5.41, 5.74) is 1.85. The van der Waals surface area contributed by atoms with Gasteiger partial charge in [-0.3, -0.25) is 4.79 Å². The van der Waals surface area contributed by atoms with Crippen LogP contribution in [0, 0.1) is 0 Å². The van der Waals surface area contributed by atoms with Gasteiger partial charge in [0.05, 0.1) is 21.7 Å². The number of carbonyl (C=O) groups excluding carboxylic acids is 1. The minimum atomic E-state index is -3.92. The lowest BCUT2D eigenvalue weighted by atomic mass is 10.2. The molecule has 0 saturated carbocycles. The molecule has 0 aliphatic heterocycles. The molecule has 3 aromatic rings. The van der Waals surface area contributed by atoms with E-state index in [-0.39, 0.29) is 15.6 Å². The van der Waals surface area contributed by atoms with Crippen LogP contribution in [0.4, 0.5) is 0 Å². The lowest BCUT2D eigenvalue weighted by molar-refractivity contribution is -0.141. The zero-order valence-corrected chi connectivity index (χ0v) is 17.1. The first-order chi connectivity index (χ1) is 12.3. The van der Waals surface area contributed by atoms with Crippen LogP contribution in [0.1, 0.15) is 12.5 Å². The largest absolute Gasteiger partial charge is 0.468 e. The first kappa shape index (κ1) is 19.1. The minimum absolute atomic E-state index is 0.0545. The van der Waals surface area contributed by atoms with Crippen molar-refractivity contribution in [3.05, 3.63) is 45.0 Å². The molecule has 0 amide bonds. The topological polar surface area (TPSA) is 77.7 Å². The Hall–Kier alpha value is -1.68. The van der Waals surface area contributed by atoms with Gasteiger partial charge >= 0.3 is 5.97 Å². The van der Waals surface area contributed by atoms with Crippen LogP contribution < -0.4 is 4.80 Å². The minimum Gasteiger partial charge on any atom is -0.468 e. The Labute approximate surface area is 163 Å². The summed E-state index contributed by atoms with van der Waals surface area (Å²) in [6.07, 6.45) is 0.851. The predicted octanol–water partition coefficient (Wildman–Crippen LogP) is 3.44. The number of benzene rings is 1. The number of halogens is 1. The molecule has 10 heteroatoms. The molecule has 0 bridgehead atoms. The number of esters is 1. The fourth-order valence-electron chi connectivity index (χ4n) is 2.34. The van der Waals surface area contributed by atoms with Crippen molar-refractivity contribution < 1.29 is 17.9 Å². The molecule has 0 spiro atoms. The Morgan fingerprint density at radius 1 is 1.27 bits per heavy atom. The summed E-state index contributed by atoms with van der Waals surface area (Å²) in [4.78, 5) is 12.0. The van der Waals surface area contributed by atoms with E-state index in [0.29, 0.717) is 4.34 Å². The fourth-order valence-corrected chi connectivity index (χ4v) is 6.10. The molecule has 0 saturated heterocycles. The zero-order valence-electron chi connectivity index (χ0n) is 13.9. The molecule has 0 atom stereocenters. The number of sulfonamides is 1. The average Bonchev–Trinajstić information content (AvgIpc) is 3.18. The van der Waals surface area contributed by atoms with Gasteiger partial charge in [-0.1, -0.05) is 35.9 Å². The Balaban J connectivity index is 2.23. The maximum atomic E-state index is 12.6. The molecular weight excluding hydrogens is 416 g/mol. The molecule has 2 aromatic heterocycles. The van der Waals surface area contributed by atoms with Crippen LogP contribution in [0.3, 0.4) is 0 Å². The van der Waals surface area contributed by atoms with Crippen LogP contribution in [0.5, 0.6) is 0 Å². The number of thiazole rings is 1. The highest BCUT2D eigenvalue weighted by molar-refractivity contribution is 7.92. The summed E-state index contributed by atoms with van der Waals surface area (Å²) in [5.74, 6) is -0.484. The number of fused-ring (bicyclic) bond motifs is 1. The number of aryl methyl sites for hydroxylation is 1. The van der Waals surface area contributed by atoms with Crippen LogP contribution in [0.2, 0.25) is 4.34 Å². The van der Waals surface area contributed by atoms with Crippen molar-refractivity contribution in [1.82, 2.24) is 4.57 Å². The molecule has 0 N–H and O–H groups in total. The quantitative estimate of drug-likeness (QED) is 0.581. The molecule has 6 nitrogen and oxygen atoms in total. The van der Waals surface area contributed by atoms with Crippen LogP contribution in [0.15, 0.2) is 38.9 Å². The number of thiophene rings is 1. The van der Waals surface area contributed by atoms with E-state index in [1.165, 1.54) is 30.6 Å². The van der Waals surface area contributed by atoms with E-state index in [0.717, 1.165) is 33.5 Å². The molecule has 0 aliphatic rings. The monoisotopic (exact) mass is 430 g/mol. The van der Waals surface area contributed by atoms with Crippen molar-refractivity contribution in [1.29, 1.82) is 0 Å². The number of aromatic nitrogens is 1. The molecular formula is C16H15ClN2O4S3. The van der Waals surface area contributed by atoms with Gasteiger partial charge in [0.2, 0.25) is 4.80 Å². The highest BCUT2D eigenvalue weighted by Gasteiger charge is 2.18. The molecule has 0 aliphatic carbocycles. The van der Waals surface area contributed by atoms with Gasteiger partial charge in [0.1, 0.15) is 10.8 Å². The Bertz CT molecular complexity index is 1140. The van der Waals surface area contributed by atoms with Gasteiger partial charge in [0, 0.05) is 0 Å². The Morgan fingerprint density at radius 2 is 2.04 bits per heavy atom. The molecule has 0 radical (unpaired) electrons. The van der Waals surface area contributed by atoms with E-state index in [1.54, 1.807) is 4.57 Å². The average molecular weight is 431 g/mol. The summed E-state index contributed by atoms with van der Waals surface area (Å²) >= 11 is 7.99. The van der Waals surface area contributed by atoms with E-state index in [4.69, 9.17) is 16.3 Å². The maximum absolute atomic E-state index is 12.6. The summed E-state index contributed by atoms with van der Waals surface area (Å²) in [6, 6.07) is 8.71. The fraction of sp³-hybridized carbons (Fsp3) is 0.250. The van der Waals surface area contributed by atoms with Gasteiger partial charge in [-0.15, -0.1) is 15.7 Å². The van der Waals surface area contributed by atoms with E-state index in [2.05, 4.69) is 4.40 Å². The second-order valence-corrected chi connectivity index (χ2v) is 9.88. The van der Waals surface area contributed by atoms with Crippen LogP contribution in [-0.4, -0.2) is 26.1 Å². The van der Waals surface area contributed by atoms with E-state index in [9.17, 15) is 13.2 Å². The smallest absolute Gasteiger partial charge is 0.325 e. The zero-order chi connectivity index (χ0) is 18.9. The Kier molecular flexibility index (Phi) is 5.52. The van der Waals surface area contributed by atoms with Gasteiger partial charge < -0.3 is 9.30 Å². The SMILES string of the molecule is CCc1ccc2c(c1)s/c(=N\S(=O)(=O)c1ccc(Cl)s1)n2CC(=O)OC. The first-order valence-electron chi connectivity index (χ1n) is 7.59. The van der Waals surface area contributed by atoms with Gasteiger partial charge in [0.25, 0.3) is 10.0 Å². The summed E-state index contributed by atoms with van der Waals surface area (Å²) in [7, 11) is -2.64. The molecule has 0 unspecified atom stereocenters. The van der Waals surface area contributed by atoms with Crippen LogP contribution in [0.25, 0.3) is 10.2 Å². The number of nitrogens with zero attached hydrogens (tertiary/aromatic N) is 2. The molecule has 3 rings (SSSR count). The summed E-state index contributed by atoms with van der Waals surface area (Å²) in [6.45, 7) is 1.91. The number of carbonyl (C=O) groups is 1. The number of ether oxygens (including phenoxy) is 1. The van der Waals surface area contributed by atoms with E-state index < -0.39 is 16.0 Å². The number of hydrogen-bond donors (Lipinski definition) is 0. The highest BCUT2D eigenvalue weighted by Crippen LogP contribution is 2.27. The van der Waals surface area contributed by atoms with Crippen molar-refractivity contribution in [2.75, 3.05) is 7.11 Å². The van der Waals surface area contributed by atoms with Gasteiger partial charge in [-0.25, -0.2) is 0 Å². The molecule has 1 aromatic carbocycles. The lowest BCUT2D eigenvalue weighted by Gasteiger charge is -2.04. The van der Waals surface area contributed by atoms with Crippen molar-refractivity contribution in [2.45, 2.75) is 24.1 Å². The van der Waals surface area contributed by atoms with Crippen LogP contribution >= 0.6 is 34.3 Å². The third-order valence-corrected chi connectivity index (χ3v) is 7.79. The van der Waals surface area contributed by atoms with E-state index >= 15 is 0 Å².